The molecule has 1 aliphatic heterocycles. The first-order valence-corrected chi connectivity index (χ1v) is 13.2. The van der Waals surface area contributed by atoms with Crippen molar-refractivity contribution in [2.24, 2.45) is 5.92 Å². The van der Waals surface area contributed by atoms with Crippen LogP contribution < -0.4 is 20.9 Å². The molecule has 2 heterocycles. The Balaban J connectivity index is 1.60. The summed E-state index contributed by atoms with van der Waals surface area (Å²) in [5, 5.41) is 3.09. The summed E-state index contributed by atoms with van der Waals surface area (Å²) in [4.78, 5) is 38.6. The van der Waals surface area contributed by atoms with Crippen LogP contribution in [0.4, 0.5) is 0 Å². The number of nitrogens with one attached hydrogen (secondary N) is 2. The molecule has 4 unspecified atom stereocenters. The Labute approximate surface area is 211 Å². The van der Waals surface area contributed by atoms with Crippen LogP contribution in [0.15, 0.2) is 58.3 Å². The molecule has 0 fully saturated rings. The van der Waals surface area contributed by atoms with Gasteiger partial charge in [-0.1, -0.05) is 51.0 Å². The van der Waals surface area contributed by atoms with Crippen LogP contribution in [0.5, 0.6) is 5.75 Å². The molecule has 0 amide bonds. The van der Waals surface area contributed by atoms with Gasteiger partial charge in [0.2, 0.25) is 0 Å². The third-order valence-corrected chi connectivity index (χ3v) is 7.14. The first-order valence-electron chi connectivity index (χ1n) is 12.0. The van der Waals surface area contributed by atoms with E-state index in [1.54, 1.807) is 38.1 Å². The van der Waals surface area contributed by atoms with Gasteiger partial charge in [-0.05, 0) is 38.0 Å². The van der Waals surface area contributed by atoms with Crippen LogP contribution in [0.1, 0.15) is 45.4 Å². The summed E-state index contributed by atoms with van der Waals surface area (Å²) in [6.07, 6.45) is 5.71. The van der Waals surface area contributed by atoms with Gasteiger partial charge in [0.05, 0.1) is 13.2 Å². The Morgan fingerprint density at radius 3 is 2.61 bits per heavy atom. The third-order valence-electron chi connectivity index (χ3n) is 5.78. The van der Waals surface area contributed by atoms with Crippen molar-refractivity contribution in [3.05, 3.63) is 75.1 Å². The molecule has 10 nitrogen and oxygen atoms in total. The molecule has 2 N–H and O–H groups in total. The van der Waals surface area contributed by atoms with Gasteiger partial charge >= 0.3 is 20.2 Å². The van der Waals surface area contributed by atoms with Gasteiger partial charge in [-0.3, -0.25) is 19.1 Å². The van der Waals surface area contributed by atoms with Gasteiger partial charge in [-0.25, -0.2) is 9.88 Å². The Hall–Kier alpha value is -2.78. The van der Waals surface area contributed by atoms with E-state index in [4.69, 9.17) is 18.5 Å². The molecular formula is C25H34N3O7P. The molecule has 0 bridgehead atoms. The SMILES string of the molecule is CCC(CC)COC(=O)C(C)NP(OCC1C=CC(n2cc(C)c(=O)[nH]c2=O)O1)Oc1ccccc1. The second kappa shape index (κ2) is 13.5. The van der Waals surface area contributed by atoms with E-state index in [2.05, 4.69) is 23.9 Å². The molecule has 0 radical (unpaired) electrons. The highest BCUT2D eigenvalue weighted by Crippen LogP contribution is 2.37. The maximum Gasteiger partial charge on any atom is 0.330 e. The minimum atomic E-state index is -1.72. The van der Waals surface area contributed by atoms with E-state index in [9.17, 15) is 14.4 Å². The van der Waals surface area contributed by atoms with Crippen molar-refractivity contribution in [1.29, 1.82) is 0 Å². The normalized spacial score (nSPS) is 18.8. The van der Waals surface area contributed by atoms with Gasteiger partial charge in [-0.15, -0.1) is 0 Å². The number of esters is 1. The Morgan fingerprint density at radius 1 is 1.19 bits per heavy atom. The van der Waals surface area contributed by atoms with Crippen molar-refractivity contribution >= 4 is 14.5 Å². The molecule has 3 rings (SSSR count). The predicted octanol–water partition coefficient (Wildman–Crippen LogP) is 3.58. The van der Waals surface area contributed by atoms with E-state index in [-0.39, 0.29) is 12.6 Å². The van der Waals surface area contributed by atoms with E-state index >= 15 is 0 Å². The van der Waals surface area contributed by atoms with Gasteiger partial charge in [0.1, 0.15) is 17.9 Å². The summed E-state index contributed by atoms with van der Waals surface area (Å²) >= 11 is 0. The van der Waals surface area contributed by atoms with Crippen molar-refractivity contribution in [3.8, 4) is 5.75 Å². The van der Waals surface area contributed by atoms with E-state index in [1.165, 1.54) is 10.8 Å². The molecule has 2 aromatic rings. The lowest BCUT2D eigenvalue weighted by Crippen LogP contribution is -2.35. The summed E-state index contributed by atoms with van der Waals surface area (Å²) in [5.41, 5.74) is -0.584. The van der Waals surface area contributed by atoms with E-state index in [0.717, 1.165) is 12.8 Å². The number of hydrogen-bond acceptors (Lipinski definition) is 8. The van der Waals surface area contributed by atoms with Crippen LogP contribution in [0.3, 0.4) is 0 Å². The van der Waals surface area contributed by atoms with Gasteiger partial charge in [0.25, 0.3) is 5.56 Å². The molecule has 1 aromatic carbocycles. The second-order valence-electron chi connectivity index (χ2n) is 8.55. The number of H-pyrrole nitrogens is 1. The van der Waals surface area contributed by atoms with Crippen LogP contribution in [0, 0.1) is 12.8 Å². The van der Waals surface area contributed by atoms with Crippen molar-refractivity contribution in [3.63, 3.8) is 0 Å². The third kappa shape index (κ3) is 7.86. The number of aryl methyl sites for hydroxylation is 1. The largest absolute Gasteiger partial charge is 0.464 e. The zero-order valence-corrected chi connectivity index (χ0v) is 21.9. The van der Waals surface area contributed by atoms with Gasteiger partial charge in [0.15, 0.2) is 6.23 Å². The van der Waals surface area contributed by atoms with Crippen molar-refractivity contribution in [2.75, 3.05) is 13.2 Å². The zero-order valence-electron chi connectivity index (χ0n) is 21.0. The zero-order chi connectivity index (χ0) is 26.1. The van der Waals surface area contributed by atoms with Gasteiger partial charge < -0.3 is 18.5 Å². The fourth-order valence-electron chi connectivity index (χ4n) is 3.39. The highest BCUT2D eigenvalue weighted by Gasteiger charge is 2.27. The lowest BCUT2D eigenvalue weighted by molar-refractivity contribution is -0.146. The Morgan fingerprint density at radius 2 is 1.92 bits per heavy atom. The number of nitrogens with zero attached hydrogens (tertiary/aromatic N) is 1. The molecule has 4 atom stereocenters. The number of carbonyl (C=O) groups excluding carboxylic acids is 1. The van der Waals surface area contributed by atoms with E-state index in [1.807, 2.05) is 18.2 Å². The summed E-state index contributed by atoms with van der Waals surface area (Å²) in [6, 6.07) is 8.50. The monoisotopic (exact) mass is 519 g/mol. The van der Waals surface area contributed by atoms with Crippen LogP contribution in [0.25, 0.3) is 0 Å². The van der Waals surface area contributed by atoms with E-state index < -0.39 is 38.1 Å². The first kappa shape index (κ1) is 27.8. The number of aromatic amines is 1. The van der Waals surface area contributed by atoms with Crippen LogP contribution in [-0.2, 0) is 18.8 Å². The number of carbonyl (C=O) groups is 1. The van der Waals surface area contributed by atoms with Crippen molar-refractivity contribution in [1.82, 2.24) is 14.6 Å². The molecule has 0 spiro atoms. The Bertz CT molecular complexity index is 1130. The lowest BCUT2D eigenvalue weighted by atomic mass is 10.1. The predicted molar refractivity (Wildman–Crippen MR) is 137 cm³/mol. The molecule has 1 aromatic heterocycles. The number of ether oxygens (including phenoxy) is 2. The topological polar surface area (TPSA) is 121 Å². The second-order valence-corrected chi connectivity index (χ2v) is 9.76. The van der Waals surface area contributed by atoms with Gasteiger partial charge in [-0.2, -0.15) is 0 Å². The summed E-state index contributed by atoms with van der Waals surface area (Å²) in [7, 11) is -1.72. The highest BCUT2D eigenvalue weighted by molar-refractivity contribution is 7.45. The lowest BCUT2D eigenvalue weighted by Gasteiger charge is -2.23. The quantitative estimate of drug-likeness (QED) is 0.234. The van der Waals surface area contributed by atoms with E-state index in [0.29, 0.717) is 23.8 Å². The number of aromatic nitrogens is 2. The fraction of sp³-hybridized carbons (Fsp3) is 0.480. The smallest absolute Gasteiger partial charge is 0.330 e. The summed E-state index contributed by atoms with van der Waals surface area (Å²) in [6.45, 7) is 7.96. The molecule has 36 heavy (non-hydrogen) atoms. The number of hydrogen-bond donors (Lipinski definition) is 2. The van der Waals surface area contributed by atoms with Crippen molar-refractivity contribution < 1.29 is 23.3 Å². The summed E-state index contributed by atoms with van der Waals surface area (Å²) < 4.78 is 24.6. The number of para-hydroxylation sites is 1. The molecular weight excluding hydrogens is 485 g/mol. The number of rotatable bonds is 13. The molecule has 1 aliphatic rings. The van der Waals surface area contributed by atoms with Crippen LogP contribution in [0.2, 0.25) is 0 Å². The summed E-state index contributed by atoms with van der Waals surface area (Å²) in [5.74, 6) is 0.543. The van der Waals surface area contributed by atoms with Crippen LogP contribution in [-0.4, -0.2) is 40.9 Å². The molecule has 0 saturated carbocycles. The van der Waals surface area contributed by atoms with Gasteiger partial charge in [0, 0.05) is 11.8 Å². The molecule has 0 saturated heterocycles. The first-order chi connectivity index (χ1) is 17.3. The minimum absolute atomic E-state index is 0.116. The minimum Gasteiger partial charge on any atom is -0.464 e. The molecule has 11 heteroatoms. The standard InChI is InChI=1S/C25H34N3O7P/c1-5-19(6-2)15-32-24(30)18(4)27-36(35-20-10-8-7-9-11-20)33-16-21-12-13-22(34-21)28-14-17(3)23(29)26-25(28)31/h7-14,18-19,21-22,27H,5-6,15-16H2,1-4H3,(H,26,29,31). The fourth-order valence-corrected chi connectivity index (χ4v) is 4.58. The highest BCUT2D eigenvalue weighted by atomic mass is 31.2. The number of benzene rings is 1. The van der Waals surface area contributed by atoms with Crippen LogP contribution >= 0.6 is 8.53 Å². The maximum absolute atomic E-state index is 12.5. The maximum atomic E-state index is 12.5. The Kier molecular flexibility index (Phi) is 10.4. The average molecular weight is 520 g/mol. The average Bonchev–Trinajstić information content (AvgIpc) is 3.34. The molecule has 196 valence electrons. The molecule has 0 aliphatic carbocycles. The van der Waals surface area contributed by atoms with Crippen molar-refractivity contribution in [2.45, 2.75) is 58.9 Å².